The molecule has 1 unspecified atom stereocenters. The summed E-state index contributed by atoms with van der Waals surface area (Å²) in [5, 5.41) is 5.27. The van der Waals surface area contributed by atoms with Gasteiger partial charge in [0, 0.05) is 42.2 Å². The third kappa shape index (κ3) is 3.72. The van der Waals surface area contributed by atoms with E-state index in [1.165, 1.54) is 69.8 Å². The molecule has 0 amide bonds. The second-order valence-corrected chi connectivity index (χ2v) is 13.3. The number of benzene rings is 7. The second kappa shape index (κ2) is 10.1. The molecule has 9 aromatic rings. The van der Waals surface area contributed by atoms with Gasteiger partial charge in [0.2, 0.25) is 0 Å². The van der Waals surface area contributed by atoms with Crippen LogP contribution in [0.15, 0.2) is 164 Å². The fourth-order valence-electron chi connectivity index (χ4n) is 7.82. The predicted molar refractivity (Wildman–Crippen MR) is 199 cm³/mol. The number of hydrogen-bond acceptors (Lipinski definition) is 1. The molecule has 1 nitrogen and oxygen atoms in total. The first-order valence-corrected chi connectivity index (χ1v) is 16.8. The molecule has 0 saturated carbocycles. The molecule has 1 atom stereocenters. The van der Waals surface area contributed by atoms with Gasteiger partial charge in [-0.25, -0.2) is 0 Å². The predicted octanol–water partition coefficient (Wildman–Crippen LogP) is 11.5. The van der Waals surface area contributed by atoms with Crippen LogP contribution in [-0.4, -0.2) is 4.57 Å². The maximum Gasteiger partial charge on any atom is 0.108 e. The zero-order valence-corrected chi connectivity index (χ0v) is 26.3. The van der Waals surface area contributed by atoms with Crippen LogP contribution in [0.25, 0.3) is 58.8 Å². The monoisotopic (exact) mass is 613 g/mol. The van der Waals surface area contributed by atoms with E-state index in [4.69, 9.17) is 0 Å². The van der Waals surface area contributed by atoms with E-state index >= 15 is 0 Å². The van der Waals surface area contributed by atoms with E-state index in [0.717, 1.165) is 11.3 Å². The van der Waals surface area contributed by atoms with Crippen LogP contribution in [0.1, 0.15) is 22.3 Å². The minimum absolute atomic E-state index is 0.592. The third-order valence-electron chi connectivity index (χ3n) is 9.84. The van der Waals surface area contributed by atoms with Crippen molar-refractivity contribution in [2.75, 3.05) is 0 Å². The van der Waals surface area contributed by atoms with Crippen molar-refractivity contribution >= 4 is 53.3 Å². The molecule has 0 aliphatic heterocycles. The Morgan fingerprint density at radius 2 is 1.21 bits per heavy atom. The van der Waals surface area contributed by atoms with Gasteiger partial charge >= 0.3 is 0 Å². The molecule has 2 heteroatoms. The SMILES string of the molecule is C(#CC1(c2ccccc2)c2ccccc2-c2cc(-n3c4ccccc4c4c5sc6ccccc6c5ccc43)ccc21)c1ccccc1. The van der Waals surface area contributed by atoms with Crippen LogP contribution in [0.2, 0.25) is 0 Å². The van der Waals surface area contributed by atoms with Gasteiger partial charge in [0.15, 0.2) is 0 Å². The summed E-state index contributed by atoms with van der Waals surface area (Å²) < 4.78 is 5.13. The highest BCUT2D eigenvalue weighted by Gasteiger charge is 2.43. The van der Waals surface area contributed by atoms with Gasteiger partial charge in [-0.3, -0.25) is 0 Å². The smallest absolute Gasteiger partial charge is 0.108 e. The topological polar surface area (TPSA) is 4.93 Å². The van der Waals surface area contributed by atoms with Gasteiger partial charge in [0.05, 0.1) is 11.0 Å². The first-order valence-electron chi connectivity index (χ1n) is 16.0. The molecule has 10 rings (SSSR count). The average Bonchev–Trinajstić information content (AvgIpc) is 3.78. The van der Waals surface area contributed by atoms with Gasteiger partial charge in [-0.2, -0.15) is 0 Å². The number of nitrogens with zero attached hydrogens (tertiary/aromatic N) is 1. The molecule has 7 aromatic carbocycles. The van der Waals surface area contributed by atoms with Crippen molar-refractivity contribution in [1.29, 1.82) is 0 Å². The summed E-state index contributed by atoms with van der Waals surface area (Å²) in [6.45, 7) is 0. The Morgan fingerprint density at radius 1 is 0.511 bits per heavy atom. The number of thiophene rings is 1. The molecule has 47 heavy (non-hydrogen) atoms. The Balaban J connectivity index is 1.26. The average molecular weight is 614 g/mol. The minimum atomic E-state index is -0.592. The lowest BCUT2D eigenvalue weighted by Crippen LogP contribution is -2.25. The molecule has 2 aromatic heterocycles. The summed E-state index contributed by atoms with van der Waals surface area (Å²) in [5.74, 6) is 7.40. The van der Waals surface area contributed by atoms with Gasteiger partial charge in [-0.15, -0.1) is 11.3 Å². The highest BCUT2D eigenvalue weighted by molar-refractivity contribution is 7.26. The molecule has 0 bridgehead atoms. The lowest BCUT2D eigenvalue weighted by Gasteiger charge is -2.27. The Bertz CT molecular complexity index is 2740. The fraction of sp³-hybridized carbons (Fsp3) is 0.0222. The van der Waals surface area contributed by atoms with E-state index in [9.17, 15) is 0 Å². The molecular weight excluding hydrogens is 587 g/mol. The molecule has 0 N–H and O–H groups in total. The molecule has 0 saturated heterocycles. The standard InChI is InChI=1S/C45H27NS/c1-3-13-30(14-4-1)27-28-45(31-15-5-2-6-16-31)38-20-10-7-17-33(38)37-29-32(23-25-39(37)45)46-40-21-11-8-19-36(40)43-41(46)26-24-35-34-18-9-12-22-42(34)47-44(35)43/h1-26,29H. The van der Waals surface area contributed by atoms with Crippen molar-refractivity contribution < 1.29 is 0 Å². The number of fused-ring (bicyclic) bond motifs is 10. The zero-order chi connectivity index (χ0) is 31.0. The first kappa shape index (κ1) is 26.3. The van der Waals surface area contributed by atoms with Gasteiger partial charge in [-0.1, -0.05) is 133 Å². The lowest BCUT2D eigenvalue weighted by atomic mass is 9.73. The molecule has 2 heterocycles. The van der Waals surface area contributed by atoms with Crippen LogP contribution in [0.4, 0.5) is 0 Å². The van der Waals surface area contributed by atoms with E-state index in [1.807, 2.05) is 17.4 Å². The largest absolute Gasteiger partial charge is 0.309 e. The highest BCUT2D eigenvalue weighted by atomic mass is 32.1. The molecule has 1 aliphatic rings. The number of hydrogen-bond donors (Lipinski definition) is 0. The summed E-state index contributed by atoms with van der Waals surface area (Å²) >= 11 is 1.90. The summed E-state index contributed by atoms with van der Waals surface area (Å²) in [6.07, 6.45) is 0. The van der Waals surface area contributed by atoms with Crippen LogP contribution in [0, 0.1) is 11.8 Å². The Hall–Kier alpha value is -5.88. The van der Waals surface area contributed by atoms with Crippen molar-refractivity contribution in [3.8, 4) is 28.7 Å². The van der Waals surface area contributed by atoms with Crippen LogP contribution in [0.3, 0.4) is 0 Å². The normalized spacial score (nSPS) is 15.1. The van der Waals surface area contributed by atoms with Gasteiger partial charge in [0.1, 0.15) is 5.41 Å². The van der Waals surface area contributed by atoms with Crippen LogP contribution >= 0.6 is 11.3 Å². The van der Waals surface area contributed by atoms with E-state index in [0.29, 0.717) is 0 Å². The highest BCUT2D eigenvalue weighted by Crippen LogP contribution is 2.53. The van der Waals surface area contributed by atoms with Crippen molar-refractivity contribution in [1.82, 2.24) is 4.57 Å². The zero-order valence-electron chi connectivity index (χ0n) is 25.4. The van der Waals surface area contributed by atoms with Crippen molar-refractivity contribution in [3.05, 3.63) is 186 Å². The molecule has 218 valence electrons. The van der Waals surface area contributed by atoms with E-state index in [2.05, 4.69) is 174 Å². The fourth-order valence-corrected chi connectivity index (χ4v) is 9.08. The Morgan fingerprint density at radius 3 is 2.09 bits per heavy atom. The van der Waals surface area contributed by atoms with Gasteiger partial charge < -0.3 is 4.57 Å². The molecular formula is C45H27NS. The van der Waals surface area contributed by atoms with Crippen molar-refractivity contribution in [3.63, 3.8) is 0 Å². The first-order chi connectivity index (χ1) is 23.3. The van der Waals surface area contributed by atoms with Gasteiger partial charge in [-0.05, 0) is 70.3 Å². The second-order valence-electron chi connectivity index (χ2n) is 12.3. The Labute approximate surface area is 277 Å². The minimum Gasteiger partial charge on any atom is -0.309 e. The van der Waals surface area contributed by atoms with E-state index in [1.54, 1.807) is 0 Å². The van der Waals surface area contributed by atoms with E-state index in [-0.39, 0.29) is 0 Å². The van der Waals surface area contributed by atoms with Gasteiger partial charge in [0.25, 0.3) is 0 Å². The number of rotatable bonds is 2. The number of para-hydroxylation sites is 1. The summed E-state index contributed by atoms with van der Waals surface area (Å²) in [4.78, 5) is 0. The van der Waals surface area contributed by atoms with Crippen molar-refractivity contribution in [2.24, 2.45) is 0 Å². The summed E-state index contributed by atoms with van der Waals surface area (Å²) in [7, 11) is 0. The molecule has 1 aliphatic carbocycles. The number of aromatic nitrogens is 1. The summed E-state index contributed by atoms with van der Waals surface area (Å²) in [6, 6.07) is 59.2. The third-order valence-corrected chi connectivity index (χ3v) is 11.0. The van der Waals surface area contributed by atoms with Crippen LogP contribution in [-0.2, 0) is 5.41 Å². The van der Waals surface area contributed by atoms with E-state index < -0.39 is 5.41 Å². The maximum absolute atomic E-state index is 3.83. The molecule has 0 spiro atoms. The molecule has 0 radical (unpaired) electrons. The molecule has 0 fully saturated rings. The Kier molecular flexibility index (Phi) is 5.64. The van der Waals surface area contributed by atoms with Crippen LogP contribution < -0.4 is 0 Å². The summed E-state index contributed by atoms with van der Waals surface area (Å²) in [5.41, 5.74) is 10.2. The lowest BCUT2D eigenvalue weighted by molar-refractivity contribution is 0.836. The van der Waals surface area contributed by atoms with Crippen molar-refractivity contribution in [2.45, 2.75) is 5.41 Å². The quantitative estimate of drug-likeness (QED) is 0.171. The maximum atomic E-state index is 3.83. The van der Waals surface area contributed by atoms with Crippen LogP contribution in [0.5, 0.6) is 0 Å².